The summed E-state index contributed by atoms with van der Waals surface area (Å²) in [6.07, 6.45) is 3.77. The topological polar surface area (TPSA) is 48.1 Å². The molecular weight excluding hydrogens is 176 g/mol. The van der Waals surface area contributed by atoms with Crippen molar-refractivity contribution in [2.24, 2.45) is 5.73 Å². The predicted molar refractivity (Wildman–Crippen MR) is 57.4 cm³/mol. The lowest BCUT2D eigenvalue weighted by atomic mass is 10.2. The van der Waals surface area contributed by atoms with Crippen molar-refractivity contribution in [3.05, 3.63) is 23.9 Å². The van der Waals surface area contributed by atoms with Crippen LogP contribution in [0.5, 0.6) is 5.88 Å². The van der Waals surface area contributed by atoms with Crippen molar-refractivity contribution in [1.29, 1.82) is 0 Å². The van der Waals surface area contributed by atoms with Crippen LogP contribution in [0, 0.1) is 0 Å². The number of nitrogens with two attached hydrogens (primary N) is 1. The average molecular weight is 194 g/mol. The van der Waals surface area contributed by atoms with E-state index in [1.54, 1.807) is 0 Å². The van der Waals surface area contributed by atoms with Gasteiger partial charge >= 0.3 is 0 Å². The molecule has 1 rings (SSSR count). The smallest absolute Gasteiger partial charge is 0.213 e. The molecule has 0 aliphatic carbocycles. The Morgan fingerprint density at radius 2 is 2.21 bits per heavy atom. The molecule has 0 aromatic carbocycles. The second kappa shape index (κ2) is 5.60. The Kier molecular flexibility index (Phi) is 4.40. The van der Waals surface area contributed by atoms with Crippen LogP contribution in [0.4, 0.5) is 0 Å². The van der Waals surface area contributed by atoms with Crippen molar-refractivity contribution in [3.63, 3.8) is 0 Å². The Balaban J connectivity index is 2.43. The van der Waals surface area contributed by atoms with E-state index in [1.807, 2.05) is 25.3 Å². The third-order valence-electron chi connectivity index (χ3n) is 2.18. The second-order valence-corrected chi connectivity index (χ2v) is 3.34. The zero-order valence-corrected chi connectivity index (χ0v) is 8.86. The van der Waals surface area contributed by atoms with E-state index in [-0.39, 0.29) is 6.04 Å². The van der Waals surface area contributed by atoms with Gasteiger partial charge in [0, 0.05) is 18.3 Å². The summed E-state index contributed by atoms with van der Waals surface area (Å²) in [5.74, 6) is 0.658. The van der Waals surface area contributed by atoms with Crippen LogP contribution in [-0.4, -0.2) is 17.6 Å². The largest absolute Gasteiger partial charge is 0.476 e. The molecule has 2 N–H and O–H groups in total. The molecular formula is C11H18N2O. The molecule has 0 spiro atoms. The minimum Gasteiger partial charge on any atom is -0.476 e. The lowest BCUT2D eigenvalue weighted by Gasteiger charge is -2.10. The monoisotopic (exact) mass is 194 g/mol. The van der Waals surface area contributed by atoms with Crippen LogP contribution in [0.1, 0.15) is 25.8 Å². The van der Waals surface area contributed by atoms with Gasteiger partial charge < -0.3 is 10.5 Å². The summed E-state index contributed by atoms with van der Waals surface area (Å²) in [5.41, 5.74) is 6.94. The fourth-order valence-electron chi connectivity index (χ4n) is 1.02. The highest BCUT2D eigenvalue weighted by Crippen LogP contribution is 2.08. The summed E-state index contributed by atoms with van der Waals surface area (Å²) in [6.45, 7) is 4.68. The van der Waals surface area contributed by atoms with Gasteiger partial charge in [-0.25, -0.2) is 4.98 Å². The summed E-state index contributed by atoms with van der Waals surface area (Å²) in [7, 11) is 0. The van der Waals surface area contributed by atoms with Crippen LogP contribution < -0.4 is 10.5 Å². The van der Waals surface area contributed by atoms with Crippen LogP contribution in [0.15, 0.2) is 18.3 Å². The van der Waals surface area contributed by atoms with Gasteiger partial charge in [-0.3, -0.25) is 0 Å². The van der Waals surface area contributed by atoms with Crippen LogP contribution >= 0.6 is 0 Å². The van der Waals surface area contributed by atoms with Crippen LogP contribution in [0.3, 0.4) is 0 Å². The van der Waals surface area contributed by atoms with Crippen molar-refractivity contribution in [1.82, 2.24) is 4.98 Å². The van der Waals surface area contributed by atoms with Gasteiger partial charge in [0.2, 0.25) is 5.88 Å². The lowest BCUT2D eigenvalue weighted by molar-refractivity contribution is 0.275. The molecule has 1 atom stereocenters. The molecule has 0 aliphatic heterocycles. The van der Waals surface area contributed by atoms with Crippen LogP contribution in [-0.2, 0) is 6.42 Å². The Hall–Kier alpha value is -1.09. The van der Waals surface area contributed by atoms with E-state index in [0.717, 1.165) is 12.8 Å². The molecule has 0 radical (unpaired) electrons. The van der Waals surface area contributed by atoms with E-state index < -0.39 is 0 Å². The molecule has 14 heavy (non-hydrogen) atoms. The first-order valence-electron chi connectivity index (χ1n) is 5.09. The number of hydrogen-bond acceptors (Lipinski definition) is 3. The van der Waals surface area contributed by atoms with Gasteiger partial charge in [-0.1, -0.05) is 19.9 Å². The molecule has 0 aliphatic rings. The number of aromatic nitrogens is 1. The normalized spacial score (nSPS) is 12.5. The van der Waals surface area contributed by atoms with Crippen LogP contribution in [0.25, 0.3) is 0 Å². The molecule has 1 unspecified atom stereocenters. The van der Waals surface area contributed by atoms with E-state index in [0.29, 0.717) is 12.5 Å². The fourth-order valence-corrected chi connectivity index (χ4v) is 1.02. The van der Waals surface area contributed by atoms with Gasteiger partial charge in [0.1, 0.15) is 6.61 Å². The average Bonchev–Trinajstić information content (AvgIpc) is 2.26. The predicted octanol–water partition coefficient (Wildman–Crippen LogP) is 1.76. The standard InChI is InChI=1S/C11H18N2O/c1-3-9-5-6-11(13-7-9)14-8-10(12)4-2/h5-7,10H,3-4,8,12H2,1-2H3. The molecule has 0 amide bonds. The Morgan fingerprint density at radius 3 is 2.71 bits per heavy atom. The minimum atomic E-state index is 0.0997. The van der Waals surface area contributed by atoms with E-state index in [4.69, 9.17) is 10.5 Å². The van der Waals surface area contributed by atoms with Crippen molar-refractivity contribution in [2.75, 3.05) is 6.61 Å². The zero-order chi connectivity index (χ0) is 10.4. The van der Waals surface area contributed by atoms with Crippen molar-refractivity contribution in [2.45, 2.75) is 32.7 Å². The highest BCUT2D eigenvalue weighted by molar-refractivity contribution is 5.17. The molecule has 0 saturated carbocycles. The summed E-state index contributed by atoms with van der Waals surface area (Å²) in [6, 6.07) is 4.02. The first-order valence-corrected chi connectivity index (χ1v) is 5.09. The zero-order valence-electron chi connectivity index (χ0n) is 8.86. The third kappa shape index (κ3) is 3.34. The Labute approximate surface area is 85.3 Å². The summed E-state index contributed by atoms with van der Waals surface area (Å²) < 4.78 is 5.42. The summed E-state index contributed by atoms with van der Waals surface area (Å²) in [5, 5.41) is 0. The first kappa shape index (κ1) is 11.0. The van der Waals surface area contributed by atoms with E-state index in [1.165, 1.54) is 5.56 Å². The Morgan fingerprint density at radius 1 is 1.43 bits per heavy atom. The van der Waals surface area contributed by atoms with E-state index >= 15 is 0 Å². The van der Waals surface area contributed by atoms with Gasteiger partial charge in [-0.15, -0.1) is 0 Å². The maximum absolute atomic E-state index is 5.72. The number of hydrogen-bond donors (Lipinski definition) is 1. The third-order valence-corrected chi connectivity index (χ3v) is 2.18. The SMILES string of the molecule is CCc1ccc(OCC(N)CC)nc1. The highest BCUT2D eigenvalue weighted by atomic mass is 16.5. The molecule has 3 nitrogen and oxygen atoms in total. The molecule has 0 fully saturated rings. The van der Waals surface area contributed by atoms with E-state index in [2.05, 4.69) is 11.9 Å². The maximum Gasteiger partial charge on any atom is 0.213 e. The number of aryl methyl sites for hydroxylation is 1. The van der Waals surface area contributed by atoms with Gasteiger partial charge in [0.05, 0.1) is 0 Å². The maximum atomic E-state index is 5.72. The number of ether oxygens (including phenoxy) is 1. The van der Waals surface area contributed by atoms with Crippen molar-refractivity contribution in [3.8, 4) is 5.88 Å². The van der Waals surface area contributed by atoms with Crippen molar-refractivity contribution >= 4 is 0 Å². The molecule has 78 valence electrons. The summed E-state index contributed by atoms with van der Waals surface area (Å²) in [4.78, 5) is 4.18. The molecule has 0 saturated heterocycles. The number of pyridine rings is 1. The summed E-state index contributed by atoms with van der Waals surface area (Å²) >= 11 is 0. The molecule has 1 aromatic heterocycles. The van der Waals surface area contributed by atoms with Gasteiger partial charge in [-0.05, 0) is 18.4 Å². The molecule has 0 bridgehead atoms. The highest BCUT2D eigenvalue weighted by Gasteiger charge is 2.00. The fraction of sp³-hybridized carbons (Fsp3) is 0.545. The quantitative estimate of drug-likeness (QED) is 0.777. The Bertz CT molecular complexity index is 258. The number of nitrogens with zero attached hydrogens (tertiary/aromatic N) is 1. The van der Waals surface area contributed by atoms with Gasteiger partial charge in [0.15, 0.2) is 0 Å². The van der Waals surface area contributed by atoms with E-state index in [9.17, 15) is 0 Å². The molecule has 1 heterocycles. The van der Waals surface area contributed by atoms with Gasteiger partial charge in [-0.2, -0.15) is 0 Å². The molecule has 1 aromatic rings. The van der Waals surface area contributed by atoms with Crippen molar-refractivity contribution < 1.29 is 4.74 Å². The lowest BCUT2D eigenvalue weighted by Crippen LogP contribution is -2.26. The molecule has 3 heteroatoms. The second-order valence-electron chi connectivity index (χ2n) is 3.34. The van der Waals surface area contributed by atoms with Crippen LogP contribution in [0.2, 0.25) is 0 Å². The minimum absolute atomic E-state index is 0.0997. The van der Waals surface area contributed by atoms with Gasteiger partial charge in [0.25, 0.3) is 0 Å². The number of rotatable bonds is 5. The first-order chi connectivity index (χ1) is 6.76.